The van der Waals surface area contributed by atoms with Gasteiger partial charge in [0.1, 0.15) is 5.75 Å². The maximum atomic E-state index is 12.8. The Hall–Kier alpha value is -2.65. The lowest BCUT2D eigenvalue weighted by molar-refractivity contribution is 0.0998. The molecule has 2 heterocycles. The van der Waals surface area contributed by atoms with E-state index in [0.717, 1.165) is 0 Å². The molecule has 156 valence electrons. The summed E-state index contributed by atoms with van der Waals surface area (Å²) in [5.41, 5.74) is 1.58. The predicted molar refractivity (Wildman–Crippen MR) is 118 cm³/mol. The van der Waals surface area contributed by atoms with E-state index in [4.69, 9.17) is 4.74 Å². The summed E-state index contributed by atoms with van der Waals surface area (Å²) in [6.45, 7) is 1.48. The minimum atomic E-state index is -3.17. The maximum Gasteiger partial charge on any atom is 0.279 e. The number of amides is 1. The van der Waals surface area contributed by atoms with Gasteiger partial charge in [0.25, 0.3) is 5.91 Å². The number of amidine groups is 1. The normalized spacial score (nSPS) is 23.4. The first-order valence-corrected chi connectivity index (χ1v) is 12.0. The van der Waals surface area contributed by atoms with Crippen LogP contribution in [0.2, 0.25) is 0 Å². The van der Waals surface area contributed by atoms with Gasteiger partial charge in [-0.25, -0.2) is 8.42 Å². The van der Waals surface area contributed by atoms with E-state index < -0.39 is 15.7 Å². The molecule has 2 aromatic rings. The molecule has 30 heavy (non-hydrogen) atoms. The van der Waals surface area contributed by atoms with Crippen molar-refractivity contribution in [1.29, 1.82) is 0 Å². The zero-order valence-electron chi connectivity index (χ0n) is 16.4. The first-order valence-electron chi connectivity index (χ1n) is 9.32. The number of anilines is 1. The van der Waals surface area contributed by atoms with Crippen LogP contribution in [0.3, 0.4) is 0 Å². The number of carbonyl (C=O) groups excluding carboxylic acids is 2. The number of benzene rings is 2. The lowest BCUT2D eigenvalue weighted by atomic mass is 10.1. The van der Waals surface area contributed by atoms with E-state index in [-0.39, 0.29) is 28.6 Å². The summed E-state index contributed by atoms with van der Waals surface area (Å²) < 4.78 is 29.5. The van der Waals surface area contributed by atoms with Crippen LogP contribution in [-0.2, 0) is 9.84 Å². The highest BCUT2D eigenvalue weighted by atomic mass is 32.2. The van der Waals surface area contributed by atoms with Gasteiger partial charge in [-0.2, -0.15) is 4.99 Å². The number of nitrogens with zero attached hydrogens (tertiary/aromatic N) is 2. The van der Waals surface area contributed by atoms with E-state index in [1.54, 1.807) is 60.5 Å². The smallest absolute Gasteiger partial charge is 0.279 e. The number of aliphatic imine (C=N–C) groups is 1. The summed E-state index contributed by atoms with van der Waals surface area (Å²) in [5.74, 6) is 0.158. The van der Waals surface area contributed by atoms with E-state index >= 15 is 0 Å². The second kappa shape index (κ2) is 7.88. The van der Waals surface area contributed by atoms with Gasteiger partial charge in [-0.1, -0.05) is 23.9 Å². The number of thioether (sulfide) groups is 1. The van der Waals surface area contributed by atoms with E-state index in [9.17, 15) is 18.0 Å². The minimum Gasteiger partial charge on any atom is -0.497 e. The average molecular weight is 445 g/mol. The van der Waals surface area contributed by atoms with Gasteiger partial charge < -0.3 is 9.64 Å². The number of Topliss-reactive ketones (excluding diaryl/α,β-unsaturated/α-hetero) is 1. The molecule has 2 fully saturated rings. The molecule has 0 spiro atoms. The zero-order chi connectivity index (χ0) is 21.5. The van der Waals surface area contributed by atoms with Crippen LogP contribution in [-0.4, -0.2) is 55.2 Å². The Bertz CT molecular complexity index is 1140. The molecule has 0 aliphatic carbocycles. The lowest BCUT2D eigenvalue weighted by Gasteiger charge is -2.24. The van der Waals surface area contributed by atoms with Crippen molar-refractivity contribution in [2.45, 2.75) is 18.2 Å². The molecule has 7 nitrogen and oxygen atoms in total. The topological polar surface area (TPSA) is 93.1 Å². The quantitative estimate of drug-likeness (QED) is 0.670. The monoisotopic (exact) mass is 444 g/mol. The molecule has 0 saturated carbocycles. The van der Waals surface area contributed by atoms with Crippen LogP contribution in [0.15, 0.2) is 53.5 Å². The van der Waals surface area contributed by atoms with Gasteiger partial charge >= 0.3 is 0 Å². The summed E-state index contributed by atoms with van der Waals surface area (Å²) in [4.78, 5) is 30.7. The van der Waals surface area contributed by atoms with Crippen molar-refractivity contribution >= 4 is 44.1 Å². The lowest BCUT2D eigenvalue weighted by Crippen LogP contribution is -2.37. The first kappa shape index (κ1) is 20.6. The fourth-order valence-electron chi connectivity index (χ4n) is 3.63. The van der Waals surface area contributed by atoms with E-state index in [2.05, 4.69) is 4.99 Å². The molecule has 2 aliphatic rings. The summed E-state index contributed by atoms with van der Waals surface area (Å²) in [7, 11) is -1.62. The molecule has 9 heteroatoms. The summed E-state index contributed by atoms with van der Waals surface area (Å²) in [5, 5.41) is 0.236. The third kappa shape index (κ3) is 3.99. The third-order valence-electron chi connectivity index (χ3n) is 5.13. The average Bonchev–Trinajstić information content (AvgIpc) is 3.18. The van der Waals surface area contributed by atoms with Gasteiger partial charge in [0.2, 0.25) is 0 Å². The molecule has 2 saturated heterocycles. The van der Waals surface area contributed by atoms with Crippen LogP contribution < -0.4 is 9.64 Å². The maximum absolute atomic E-state index is 12.8. The molecule has 2 atom stereocenters. The van der Waals surface area contributed by atoms with Crippen LogP contribution in [0.25, 0.3) is 0 Å². The summed E-state index contributed by atoms with van der Waals surface area (Å²) >= 11 is 1.30. The van der Waals surface area contributed by atoms with Crippen LogP contribution in [0.4, 0.5) is 5.69 Å². The number of ether oxygens (including phenoxy) is 1. The van der Waals surface area contributed by atoms with E-state index in [1.807, 2.05) is 0 Å². The van der Waals surface area contributed by atoms with Crippen molar-refractivity contribution < 1.29 is 22.7 Å². The number of rotatable bonds is 4. The molecule has 0 bridgehead atoms. The van der Waals surface area contributed by atoms with Gasteiger partial charge in [-0.15, -0.1) is 0 Å². The summed E-state index contributed by atoms with van der Waals surface area (Å²) in [6.07, 6.45) is 0. The highest BCUT2D eigenvalue weighted by molar-refractivity contribution is 8.16. The standard InChI is InChI=1S/C21H20N2O5S2/c1-13(24)15-4-3-5-16(10-15)23-18-11-30(26,27)12-19(18)29-21(23)22-20(25)14-6-8-17(28-2)9-7-14/h3-10,18-19H,11-12H2,1-2H3/t18-,19-/m0/s1. The second-order valence-corrected chi connectivity index (χ2v) is 10.6. The molecule has 0 aromatic heterocycles. The Morgan fingerprint density at radius 1 is 1.10 bits per heavy atom. The molecule has 4 rings (SSSR count). The fraction of sp³-hybridized carbons (Fsp3) is 0.286. The van der Waals surface area contributed by atoms with Crippen molar-refractivity contribution in [2.24, 2.45) is 4.99 Å². The molecule has 2 aliphatic heterocycles. The SMILES string of the molecule is COc1ccc(C(=O)N=C2S[C@H]3CS(=O)(=O)C[C@@H]3N2c2cccc(C(C)=O)c2)cc1. The molecule has 1 amide bonds. The Kier molecular flexibility index (Phi) is 5.42. The van der Waals surface area contributed by atoms with E-state index in [0.29, 0.717) is 27.7 Å². The molecule has 0 radical (unpaired) electrons. The van der Waals surface area contributed by atoms with Crippen LogP contribution >= 0.6 is 11.8 Å². The largest absolute Gasteiger partial charge is 0.497 e. The fourth-order valence-corrected chi connectivity index (χ4v) is 7.54. The Labute approximate surface area is 179 Å². The first-order chi connectivity index (χ1) is 14.3. The molecule has 0 unspecified atom stereocenters. The highest BCUT2D eigenvalue weighted by Gasteiger charge is 2.49. The van der Waals surface area contributed by atoms with Gasteiger partial charge in [0.05, 0.1) is 24.7 Å². The molecule has 2 aromatic carbocycles. The number of fused-ring (bicyclic) bond motifs is 1. The van der Waals surface area contributed by atoms with Gasteiger partial charge in [0, 0.05) is 22.1 Å². The predicted octanol–water partition coefficient (Wildman–Crippen LogP) is 2.81. The third-order valence-corrected chi connectivity index (χ3v) is 8.34. The van der Waals surface area contributed by atoms with Gasteiger partial charge in [0.15, 0.2) is 20.8 Å². The number of hydrogen-bond acceptors (Lipinski definition) is 6. The van der Waals surface area contributed by atoms with Crippen LogP contribution in [0, 0.1) is 0 Å². The van der Waals surface area contributed by atoms with Crippen LogP contribution in [0.5, 0.6) is 5.75 Å². The minimum absolute atomic E-state index is 0.00921. The number of ketones is 1. The number of sulfone groups is 1. The number of carbonyl (C=O) groups is 2. The second-order valence-electron chi connectivity index (χ2n) is 7.21. The summed E-state index contributed by atoms with van der Waals surface area (Å²) in [6, 6.07) is 13.3. The number of hydrogen-bond donors (Lipinski definition) is 0. The molecule has 0 N–H and O–H groups in total. The Balaban J connectivity index is 1.72. The van der Waals surface area contributed by atoms with Crippen molar-refractivity contribution in [3.05, 3.63) is 59.7 Å². The molecular formula is C21H20N2O5S2. The van der Waals surface area contributed by atoms with Crippen molar-refractivity contribution in [1.82, 2.24) is 0 Å². The number of methoxy groups -OCH3 is 1. The van der Waals surface area contributed by atoms with E-state index in [1.165, 1.54) is 18.7 Å². The van der Waals surface area contributed by atoms with Crippen molar-refractivity contribution in [3.8, 4) is 5.75 Å². The van der Waals surface area contributed by atoms with Crippen molar-refractivity contribution in [3.63, 3.8) is 0 Å². The molecular weight excluding hydrogens is 424 g/mol. The van der Waals surface area contributed by atoms with Gasteiger partial charge in [-0.05, 0) is 43.3 Å². The van der Waals surface area contributed by atoms with Crippen molar-refractivity contribution in [2.75, 3.05) is 23.5 Å². The Morgan fingerprint density at radius 2 is 1.83 bits per heavy atom. The van der Waals surface area contributed by atoms with Crippen LogP contribution in [0.1, 0.15) is 27.6 Å². The zero-order valence-corrected chi connectivity index (χ0v) is 18.1. The Morgan fingerprint density at radius 3 is 2.50 bits per heavy atom. The highest BCUT2D eigenvalue weighted by Crippen LogP contribution is 2.41. The van der Waals surface area contributed by atoms with Gasteiger partial charge in [-0.3, -0.25) is 9.59 Å².